The first-order valence-electron chi connectivity index (χ1n) is 10.6. The molecule has 2 aromatic heterocycles. The molecule has 1 atom stereocenters. The normalized spacial score (nSPS) is 14.2. The summed E-state index contributed by atoms with van der Waals surface area (Å²) in [6, 6.07) is 20.0. The number of amides is 1. The Labute approximate surface area is 197 Å². The number of benzene rings is 2. The van der Waals surface area contributed by atoms with Gasteiger partial charge >= 0.3 is 0 Å². The number of halogens is 1. The summed E-state index contributed by atoms with van der Waals surface area (Å²) in [5, 5.41) is 3.42. The number of aromatic nitrogens is 2. The lowest BCUT2D eigenvalue weighted by Gasteiger charge is -2.14. The van der Waals surface area contributed by atoms with Crippen molar-refractivity contribution in [3.05, 3.63) is 94.9 Å². The summed E-state index contributed by atoms with van der Waals surface area (Å²) < 4.78 is 0. The van der Waals surface area contributed by atoms with Crippen molar-refractivity contribution >= 4 is 35.1 Å². The second kappa shape index (κ2) is 8.60. The number of hydrogen-bond acceptors (Lipinski definition) is 4. The van der Waals surface area contributed by atoms with Crippen LogP contribution in [0.2, 0.25) is 5.02 Å². The Hall–Kier alpha value is -3.83. The molecule has 4 aromatic rings. The average molecular weight is 453 g/mol. The molecule has 5 nitrogen and oxygen atoms in total. The minimum absolute atomic E-state index is 0.00650. The lowest BCUT2D eigenvalue weighted by atomic mass is 9.90. The highest BCUT2D eigenvalue weighted by Gasteiger charge is 2.24. The molecule has 0 fully saturated rings. The molecule has 0 radical (unpaired) electrons. The van der Waals surface area contributed by atoms with Gasteiger partial charge in [0.25, 0.3) is 0 Å². The van der Waals surface area contributed by atoms with E-state index in [1.165, 1.54) is 6.92 Å². The van der Waals surface area contributed by atoms with Gasteiger partial charge in [0.1, 0.15) is 0 Å². The monoisotopic (exact) mass is 452 g/mol. The van der Waals surface area contributed by atoms with Crippen molar-refractivity contribution in [1.29, 1.82) is 0 Å². The van der Waals surface area contributed by atoms with Crippen LogP contribution < -0.4 is 5.32 Å². The quantitative estimate of drug-likeness (QED) is 0.380. The van der Waals surface area contributed by atoms with E-state index in [4.69, 9.17) is 11.6 Å². The van der Waals surface area contributed by atoms with Crippen LogP contribution in [0, 0.1) is 6.92 Å². The summed E-state index contributed by atoms with van der Waals surface area (Å²) >= 11 is 6.65. The summed E-state index contributed by atoms with van der Waals surface area (Å²) in [7, 11) is 0. The Morgan fingerprint density at radius 3 is 2.42 bits per heavy atom. The molecule has 3 heterocycles. The van der Waals surface area contributed by atoms with Crippen LogP contribution in [-0.4, -0.2) is 22.1 Å². The number of nitrogens with zero attached hydrogens (tertiary/aromatic N) is 3. The van der Waals surface area contributed by atoms with Gasteiger partial charge in [-0.25, -0.2) is 0 Å². The molecule has 1 unspecified atom stereocenters. The van der Waals surface area contributed by atoms with Gasteiger partial charge in [-0.1, -0.05) is 23.7 Å². The maximum Gasteiger partial charge on any atom is 0.221 e. The molecular formula is C27H21ClN4O. The number of carbonyl (C=O) groups excluding carboxylic acids is 1. The number of nitrogens with one attached hydrogen (secondary N) is 1. The third-order valence-electron chi connectivity index (χ3n) is 5.66. The highest BCUT2D eigenvalue weighted by Crippen LogP contribution is 2.44. The highest BCUT2D eigenvalue weighted by molar-refractivity contribution is 6.34. The van der Waals surface area contributed by atoms with Crippen molar-refractivity contribution in [1.82, 2.24) is 9.97 Å². The predicted molar refractivity (Wildman–Crippen MR) is 133 cm³/mol. The van der Waals surface area contributed by atoms with Crippen molar-refractivity contribution < 1.29 is 4.79 Å². The van der Waals surface area contributed by atoms with Gasteiger partial charge in [0.15, 0.2) is 0 Å². The van der Waals surface area contributed by atoms with Crippen LogP contribution in [0.5, 0.6) is 0 Å². The minimum atomic E-state index is -0.0920. The van der Waals surface area contributed by atoms with Crippen LogP contribution in [0.4, 0.5) is 11.4 Å². The fourth-order valence-electron chi connectivity index (χ4n) is 4.11. The Balaban J connectivity index is 1.51. The molecular weight excluding hydrogens is 432 g/mol. The molecule has 1 aliphatic rings. The van der Waals surface area contributed by atoms with Crippen molar-refractivity contribution in [3.63, 3.8) is 0 Å². The van der Waals surface area contributed by atoms with Gasteiger partial charge in [-0.15, -0.1) is 0 Å². The number of rotatable bonds is 4. The van der Waals surface area contributed by atoms with E-state index in [9.17, 15) is 4.79 Å². The molecule has 162 valence electrons. The molecule has 1 aliphatic heterocycles. The van der Waals surface area contributed by atoms with Crippen molar-refractivity contribution in [3.8, 4) is 22.4 Å². The molecule has 5 rings (SSSR count). The van der Waals surface area contributed by atoms with E-state index < -0.39 is 0 Å². The van der Waals surface area contributed by atoms with Gasteiger partial charge in [-0.2, -0.15) is 0 Å². The molecule has 0 saturated heterocycles. The number of anilines is 1. The topological polar surface area (TPSA) is 67.2 Å². The maximum absolute atomic E-state index is 11.3. The van der Waals surface area contributed by atoms with Gasteiger partial charge in [0.05, 0.1) is 16.4 Å². The Kier molecular flexibility index (Phi) is 5.48. The third kappa shape index (κ3) is 4.28. The van der Waals surface area contributed by atoms with Gasteiger partial charge in [-0.3, -0.25) is 19.8 Å². The Bertz CT molecular complexity index is 1400. The molecule has 0 spiro atoms. The van der Waals surface area contributed by atoms with Crippen LogP contribution in [0.15, 0.2) is 78.0 Å². The molecule has 1 amide bonds. The number of aryl methyl sites for hydroxylation is 1. The fraction of sp³-hybridized carbons (Fsp3) is 0.111. The highest BCUT2D eigenvalue weighted by atomic mass is 35.5. The molecule has 2 aromatic carbocycles. The first kappa shape index (κ1) is 21.0. The van der Waals surface area contributed by atoms with E-state index in [1.54, 1.807) is 6.20 Å². The van der Waals surface area contributed by atoms with Crippen LogP contribution in [0.3, 0.4) is 0 Å². The Morgan fingerprint density at radius 1 is 0.909 bits per heavy atom. The van der Waals surface area contributed by atoms with Crippen molar-refractivity contribution in [2.24, 2.45) is 4.99 Å². The maximum atomic E-state index is 11.3. The zero-order chi connectivity index (χ0) is 22.9. The summed E-state index contributed by atoms with van der Waals surface area (Å²) in [6.07, 6.45) is 5.53. The third-order valence-corrected chi connectivity index (χ3v) is 5.94. The molecule has 0 bridgehead atoms. The van der Waals surface area contributed by atoms with Crippen LogP contribution >= 0.6 is 11.6 Å². The molecule has 0 aliphatic carbocycles. The van der Waals surface area contributed by atoms with Crippen LogP contribution in [0.25, 0.3) is 22.4 Å². The standard InChI is InChI=1S/C27H21ClN4O/c1-16-11-20(8-9-29-16)26-14-19(7-10-30-26)21-12-23-24(15-31-27(23)25(28)13-21)18-3-5-22(6-4-18)32-17(2)33/h3-15,24H,1-2H3,(H,32,33). The van der Waals surface area contributed by atoms with E-state index in [2.05, 4.69) is 32.4 Å². The van der Waals surface area contributed by atoms with Crippen molar-refractivity contribution in [2.45, 2.75) is 19.8 Å². The zero-order valence-electron chi connectivity index (χ0n) is 18.2. The summed E-state index contributed by atoms with van der Waals surface area (Å²) in [4.78, 5) is 24.7. The first-order chi connectivity index (χ1) is 16.0. The largest absolute Gasteiger partial charge is 0.326 e. The van der Waals surface area contributed by atoms with E-state index >= 15 is 0 Å². The van der Waals surface area contributed by atoms with Crippen LogP contribution in [0.1, 0.15) is 29.7 Å². The smallest absolute Gasteiger partial charge is 0.221 e. The SMILES string of the molecule is CC(=O)Nc1ccc(C2C=Nc3c(Cl)cc(-c4ccnc(-c5ccnc(C)c5)c4)cc32)cc1. The van der Waals surface area contributed by atoms with E-state index in [1.807, 2.05) is 67.9 Å². The van der Waals surface area contributed by atoms with Gasteiger partial charge in [-0.05, 0) is 77.7 Å². The van der Waals surface area contributed by atoms with Crippen LogP contribution in [-0.2, 0) is 4.79 Å². The lowest BCUT2D eigenvalue weighted by Crippen LogP contribution is -2.06. The zero-order valence-corrected chi connectivity index (χ0v) is 19.0. The summed E-state index contributed by atoms with van der Waals surface area (Å²) in [5.41, 5.74) is 8.62. The average Bonchev–Trinajstić information content (AvgIpc) is 3.24. The predicted octanol–water partition coefficient (Wildman–Crippen LogP) is 6.58. The van der Waals surface area contributed by atoms with E-state index in [0.717, 1.165) is 50.6 Å². The summed E-state index contributed by atoms with van der Waals surface area (Å²) in [6.45, 7) is 3.47. The van der Waals surface area contributed by atoms with Gasteiger partial charge < -0.3 is 5.32 Å². The number of fused-ring (bicyclic) bond motifs is 1. The molecule has 33 heavy (non-hydrogen) atoms. The second-order valence-corrected chi connectivity index (χ2v) is 8.48. The van der Waals surface area contributed by atoms with Gasteiger partial charge in [0, 0.05) is 48.4 Å². The molecule has 1 N–H and O–H groups in total. The van der Waals surface area contributed by atoms with Gasteiger partial charge in [0.2, 0.25) is 5.91 Å². The lowest BCUT2D eigenvalue weighted by molar-refractivity contribution is -0.114. The molecule has 6 heteroatoms. The minimum Gasteiger partial charge on any atom is -0.326 e. The Morgan fingerprint density at radius 2 is 1.67 bits per heavy atom. The number of carbonyl (C=O) groups is 1. The summed E-state index contributed by atoms with van der Waals surface area (Å²) in [5.74, 6) is -0.0985. The molecule has 0 saturated carbocycles. The fourth-order valence-corrected chi connectivity index (χ4v) is 4.38. The first-order valence-corrected chi connectivity index (χ1v) is 11.0. The number of hydrogen-bond donors (Lipinski definition) is 1. The second-order valence-electron chi connectivity index (χ2n) is 8.07. The number of pyridine rings is 2. The van der Waals surface area contributed by atoms with Crippen molar-refractivity contribution in [2.75, 3.05) is 5.32 Å². The number of aliphatic imine (C=N–C) groups is 1. The van der Waals surface area contributed by atoms with E-state index in [0.29, 0.717) is 5.02 Å². The van der Waals surface area contributed by atoms with E-state index in [-0.39, 0.29) is 11.8 Å².